The normalized spacial score (nSPS) is 11.5. The summed E-state index contributed by atoms with van der Waals surface area (Å²) < 4.78 is 25.2. The van der Waals surface area contributed by atoms with Gasteiger partial charge in [0.1, 0.15) is 9.50 Å². The van der Waals surface area contributed by atoms with Gasteiger partial charge in [0.15, 0.2) is 0 Å². The molecule has 3 nitrogen and oxygen atoms in total. The molecular weight excluding hydrogens is 361 g/mol. The second kappa shape index (κ2) is 5.17. The monoisotopic (exact) mass is 365 g/mol. The predicted octanol–water partition coefficient (Wildman–Crippen LogP) is 3.98. The standard InChI is InChI=1S/C11H6BrCl2NO2S/c12-10-6-7(4-5-15-10)18(16,17)11-8(13)2-1-3-9(11)14/h1-6H. The summed E-state index contributed by atoms with van der Waals surface area (Å²) in [5.74, 6) is 0. The number of pyridine rings is 1. The fourth-order valence-electron chi connectivity index (χ4n) is 1.41. The molecule has 7 heteroatoms. The summed E-state index contributed by atoms with van der Waals surface area (Å²) in [5, 5.41) is 0.186. The molecular formula is C11H6BrCl2NO2S. The van der Waals surface area contributed by atoms with E-state index in [9.17, 15) is 8.42 Å². The third-order valence-electron chi connectivity index (χ3n) is 2.20. The zero-order chi connectivity index (χ0) is 13.3. The Bertz CT molecular complexity index is 684. The van der Waals surface area contributed by atoms with Crippen LogP contribution in [-0.2, 0) is 9.84 Å². The number of benzene rings is 1. The van der Waals surface area contributed by atoms with Crippen molar-refractivity contribution in [3.8, 4) is 0 Å². The van der Waals surface area contributed by atoms with Crippen molar-refractivity contribution in [3.63, 3.8) is 0 Å². The molecule has 0 bridgehead atoms. The van der Waals surface area contributed by atoms with Crippen LogP contribution in [-0.4, -0.2) is 13.4 Å². The number of hydrogen-bond acceptors (Lipinski definition) is 3. The van der Waals surface area contributed by atoms with Crippen LogP contribution in [0.5, 0.6) is 0 Å². The van der Waals surface area contributed by atoms with E-state index in [0.717, 1.165) is 0 Å². The fourth-order valence-corrected chi connectivity index (χ4v) is 4.32. The molecule has 0 atom stereocenters. The Morgan fingerprint density at radius 2 is 1.72 bits per heavy atom. The molecule has 0 aliphatic carbocycles. The van der Waals surface area contributed by atoms with E-state index in [2.05, 4.69) is 20.9 Å². The predicted molar refractivity (Wildman–Crippen MR) is 73.9 cm³/mol. The zero-order valence-electron chi connectivity index (χ0n) is 8.77. The van der Waals surface area contributed by atoms with Crippen LogP contribution >= 0.6 is 39.1 Å². The van der Waals surface area contributed by atoms with Crippen LogP contribution < -0.4 is 0 Å². The van der Waals surface area contributed by atoms with Gasteiger partial charge in [-0.25, -0.2) is 13.4 Å². The Hall–Kier alpha value is -0.620. The molecule has 0 radical (unpaired) electrons. The van der Waals surface area contributed by atoms with Crippen molar-refractivity contribution in [1.82, 2.24) is 4.98 Å². The van der Waals surface area contributed by atoms with Crippen molar-refractivity contribution >= 4 is 49.0 Å². The molecule has 0 saturated carbocycles. The maximum Gasteiger partial charge on any atom is 0.209 e. The van der Waals surface area contributed by atoms with Gasteiger partial charge in [0.25, 0.3) is 0 Å². The van der Waals surface area contributed by atoms with E-state index in [1.807, 2.05) is 0 Å². The van der Waals surface area contributed by atoms with Crippen molar-refractivity contribution in [2.24, 2.45) is 0 Å². The molecule has 18 heavy (non-hydrogen) atoms. The van der Waals surface area contributed by atoms with Gasteiger partial charge in [-0.3, -0.25) is 0 Å². The molecule has 0 N–H and O–H groups in total. The highest BCUT2D eigenvalue weighted by molar-refractivity contribution is 9.10. The Labute approximate surface area is 123 Å². The van der Waals surface area contributed by atoms with E-state index in [1.54, 1.807) is 6.07 Å². The Morgan fingerprint density at radius 1 is 1.11 bits per heavy atom. The molecule has 1 aromatic heterocycles. The van der Waals surface area contributed by atoms with E-state index < -0.39 is 9.84 Å². The average molecular weight is 367 g/mol. The van der Waals surface area contributed by atoms with E-state index >= 15 is 0 Å². The van der Waals surface area contributed by atoms with Crippen LogP contribution in [0.2, 0.25) is 10.0 Å². The van der Waals surface area contributed by atoms with Crippen molar-refractivity contribution in [2.75, 3.05) is 0 Å². The molecule has 0 fully saturated rings. The van der Waals surface area contributed by atoms with E-state index in [-0.39, 0.29) is 19.8 Å². The minimum Gasteiger partial charge on any atom is -0.249 e. The van der Waals surface area contributed by atoms with Crippen molar-refractivity contribution in [2.45, 2.75) is 9.79 Å². The topological polar surface area (TPSA) is 47.0 Å². The highest BCUT2D eigenvalue weighted by Crippen LogP contribution is 2.33. The fraction of sp³-hybridized carbons (Fsp3) is 0. The van der Waals surface area contributed by atoms with Crippen LogP contribution in [0.4, 0.5) is 0 Å². The molecule has 0 aliphatic rings. The second-order valence-corrected chi connectivity index (χ2v) is 6.88. The molecule has 2 rings (SSSR count). The van der Waals surface area contributed by atoms with Gasteiger partial charge in [-0.05, 0) is 40.2 Å². The Kier molecular flexibility index (Phi) is 3.96. The average Bonchev–Trinajstić information content (AvgIpc) is 2.28. The van der Waals surface area contributed by atoms with Crippen LogP contribution in [0.25, 0.3) is 0 Å². The smallest absolute Gasteiger partial charge is 0.209 e. The molecule has 0 spiro atoms. The minimum absolute atomic E-state index is 0.0828. The highest BCUT2D eigenvalue weighted by atomic mass is 79.9. The molecule has 2 aromatic rings. The summed E-state index contributed by atoms with van der Waals surface area (Å²) >= 11 is 14.9. The lowest BCUT2D eigenvalue weighted by Crippen LogP contribution is -2.04. The summed E-state index contributed by atoms with van der Waals surface area (Å²) in [7, 11) is -3.76. The van der Waals surface area contributed by atoms with Crippen LogP contribution in [0, 0.1) is 0 Å². The molecule has 0 unspecified atom stereocenters. The molecule has 1 aromatic carbocycles. The first-order valence-corrected chi connectivity index (χ1v) is 7.77. The van der Waals surface area contributed by atoms with Gasteiger partial charge >= 0.3 is 0 Å². The summed E-state index contributed by atoms with van der Waals surface area (Å²) in [5.41, 5.74) is 0. The van der Waals surface area contributed by atoms with E-state index in [0.29, 0.717) is 4.60 Å². The molecule has 0 aliphatic heterocycles. The van der Waals surface area contributed by atoms with Gasteiger partial charge in [0, 0.05) is 6.20 Å². The third kappa shape index (κ3) is 2.54. The summed E-state index contributed by atoms with van der Waals surface area (Å²) in [6, 6.07) is 7.34. The maximum absolute atomic E-state index is 12.4. The first kappa shape index (κ1) is 13.8. The van der Waals surface area contributed by atoms with Gasteiger partial charge in [-0.2, -0.15) is 0 Å². The van der Waals surface area contributed by atoms with Gasteiger partial charge in [-0.1, -0.05) is 29.3 Å². The zero-order valence-corrected chi connectivity index (χ0v) is 12.7. The van der Waals surface area contributed by atoms with Gasteiger partial charge in [0.05, 0.1) is 14.9 Å². The van der Waals surface area contributed by atoms with Gasteiger partial charge in [0.2, 0.25) is 9.84 Å². The summed E-state index contributed by atoms with van der Waals surface area (Å²) in [6.45, 7) is 0. The maximum atomic E-state index is 12.4. The number of halogens is 3. The number of rotatable bonds is 2. The second-order valence-electron chi connectivity index (χ2n) is 3.37. The summed E-state index contributed by atoms with van der Waals surface area (Å²) in [6.07, 6.45) is 1.39. The van der Waals surface area contributed by atoms with Crippen LogP contribution in [0.1, 0.15) is 0 Å². The largest absolute Gasteiger partial charge is 0.249 e. The number of aromatic nitrogens is 1. The lowest BCUT2D eigenvalue weighted by Gasteiger charge is -2.08. The first-order chi connectivity index (χ1) is 8.43. The van der Waals surface area contributed by atoms with Crippen molar-refractivity contribution in [3.05, 3.63) is 51.2 Å². The Balaban J connectivity index is 2.70. The van der Waals surface area contributed by atoms with Gasteiger partial charge in [-0.15, -0.1) is 0 Å². The molecule has 0 amide bonds. The Morgan fingerprint density at radius 3 is 2.28 bits per heavy atom. The minimum atomic E-state index is -3.76. The number of nitrogens with zero attached hydrogens (tertiary/aromatic N) is 1. The lowest BCUT2D eigenvalue weighted by molar-refractivity contribution is 0.596. The summed E-state index contributed by atoms with van der Waals surface area (Å²) in [4.78, 5) is 3.87. The number of sulfone groups is 1. The lowest BCUT2D eigenvalue weighted by atomic mass is 10.4. The van der Waals surface area contributed by atoms with Crippen molar-refractivity contribution < 1.29 is 8.42 Å². The first-order valence-electron chi connectivity index (χ1n) is 4.73. The van der Waals surface area contributed by atoms with E-state index in [1.165, 1.54) is 30.5 Å². The van der Waals surface area contributed by atoms with Crippen LogP contribution in [0.15, 0.2) is 50.9 Å². The molecule has 1 heterocycles. The quantitative estimate of drug-likeness (QED) is 0.755. The number of hydrogen-bond donors (Lipinski definition) is 0. The van der Waals surface area contributed by atoms with E-state index in [4.69, 9.17) is 23.2 Å². The molecule has 0 saturated heterocycles. The van der Waals surface area contributed by atoms with Crippen LogP contribution in [0.3, 0.4) is 0 Å². The SMILES string of the molecule is O=S(=O)(c1ccnc(Br)c1)c1c(Cl)cccc1Cl. The third-order valence-corrected chi connectivity index (χ3v) is 5.34. The van der Waals surface area contributed by atoms with Crippen molar-refractivity contribution in [1.29, 1.82) is 0 Å². The van der Waals surface area contributed by atoms with Gasteiger partial charge < -0.3 is 0 Å². The highest BCUT2D eigenvalue weighted by Gasteiger charge is 2.24. The molecule has 94 valence electrons.